The van der Waals surface area contributed by atoms with Crippen LogP contribution in [0.3, 0.4) is 0 Å². The van der Waals surface area contributed by atoms with Crippen LogP contribution in [-0.4, -0.2) is 74.1 Å². The zero-order chi connectivity index (χ0) is 26.4. The molecule has 4 unspecified atom stereocenters. The molecule has 198 valence electrons. The molecule has 1 aliphatic carbocycles. The van der Waals surface area contributed by atoms with Gasteiger partial charge in [-0.1, -0.05) is 0 Å². The van der Waals surface area contributed by atoms with Crippen LogP contribution in [0, 0.1) is 5.92 Å². The maximum Gasteiger partial charge on any atom is 0.416 e. The van der Waals surface area contributed by atoms with Gasteiger partial charge in [0.15, 0.2) is 0 Å². The number of fused-ring (bicyclic) bond motifs is 1. The number of halogens is 3. The summed E-state index contributed by atoms with van der Waals surface area (Å²) in [5, 5.41) is 14.4. The molecule has 1 amide bonds. The van der Waals surface area contributed by atoms with Crippen LogP contribution in [-0.2, 0) is 11.0 Å². The lowest BCUT2D eigenvalue weighted by Gasteiger charge is -2.48. The monoisotopic (exact) mass is 507 g/mol. The predicted molar refractivity (Wildman–Crippen MR) is 132 cm³/mol. The van der Waals surface area contributed by atoms with Gasteiger partial charge in [-0.3, -0.25) is 4.79 Å². The van der Waals surface area contributed by atoms with Crippen molar-refractivity contribution in [2.45, 2.75) is 89.3 Å². The highest BCUT2D eigenvalue weighted by Gasteiger charge is 2.47. The maximum atomic E-state index is 13.5. The largest absolute Gasteiger partial charge is 0.416 e. The molecular weight excluding hydrogens is 471 g/mol. The number of carbonyl (C=O) groups is 1. The molecule has 1 aromatic carbocycles. The van der Waals surface area contributed by atoms with Crippen LogP contribution >= 0.6 is 0 Å². The second-order valence-corrected chi connectivity index (χ2v) is 11.0. The Hall–Kier alpha value is -2.46. The first-order valence-corrected chi connectivity index (χ1v) is 12.6. The minimum Gasteiger partial charge on any atom is -0.390 e. The first kappa shape index (κ1) is 26.6. The van der Waals surface area contributed by atoms with Gasteiger partial charge in [0.2, 0.25) is 5.91 Å². The normalized spacial score (nSPS) is 25.9. The van der Waals surface area contributed by atoms with Gasteiger partial charge >= 0.3 is 6.18 Å². The van der Waals surface area contributed by atoms with Crippen LogP contribution in [0.1, 0.15) is 58.9 Å². The number of nitrogens with zero attached hydrogens (tertiary/aromatic N) is 4. The van der Waals surface area contributed by atoms with Crippen molar-refractivity contribution in [3.05, 3.63) is 30.1 Å². The molecule has 2 aliphatic rings. The zero-order valence-electron chi connectivity index (χ0n) is 21.5. The molecule has 2 N–H and O–H groups in total. The van der Waals surface area contributed by atoms with Gasteiger partial charge in [-0.25, -0.2) is 9.97 Å². The summed E-state index contributed by atoms with van der Waals surface area (Å²) in [7, 11) is 2.11. The minimum absolute atomic E-state index is 0.0885. The van der Waals surface area contributed by atoms with Crippen molar-refractivity contribution in [2.24, 2.45) is 5.92 Å². The lowest BCUT2D eigenvalue weighted by atomic mass is 9.72. The summed E-state index contributed by atoms with van der Waals surface area (Å²) in [5.41, 5.74) is -1.37. The molecule has 2 heterocycles. The summed E-state index contributed by atoms with van der Waals surface area (Å²) in [4.78, 5) is 25.9. The standard InChI is InChI=1S/C26H36F3N5O2/c1-15(2)33(5)17-7-9-22(19(13-17)25(3,4)36)34-11-10-21(24(34)35)32-23-18-12-16(26(27,28)29)6-8-20(18)30-14-31-23/h6,8,12,14-15,17,19,21-22,36H,7,9-11,13H2,1-5H3,(H,30,31,32). The Balaban J connectivity index is 1.54. The summed E-state index contributed by atoms with van der Waals surface area (Å²) >= 11 is 0. The molecule has 1 aromatic heterocycles. The Kier molecular flexibility index (Phi) is 7.22. The number of alkyl halides is 3. The number of carbonyl (C=O) groups excluding carboxylic acids is 1. The van der Waals surface area contributed by atoms with Crippen LogP contribution in [0.4, 0.5) is 19.0 Å². The third-order valence-electron chi connectivity index (χ3n) is 8.00. The summed E-state index contributed by atoms with van der Waals surface area (Å²) < 4.78 is 39.8. The first-order chi connectivity index (χ1) is 16.8. The van der Waals surface area contributed by atoms with Gasteiger partial charge in [0.05, 0.1) is 16.7 Å². The quantitative estimate of drug-likeness (QED) is 0.607. The fraction of sp³-hybridized carbons (Fsp3) is 0.654. The van der Waals surface area contributed by atoms with Gasteiger partial charge in [-0.2, -0.15) is 13.2 Å². The van der Waals surface area contributed by atoms with E-state index in [0.717, 1.165) is 31.4 Å². The lowest BCUT2D eigenvalue weighted by molar-refractivity contribution is -0.138. The van der Waals surface area contributed by atoms with E-state index in [1.54, 1.807) is 0 Å². The van der Waals surface area contributed by atoms with E-state index in [4.69, 9.17) is 0 Å². The number of anilines is 1. The number of likely N-dealkylation sites (tertiary alicyclic amines) is 1. The number of amides is 1. The van der Waals surface area contributed by atoms with Crippen molar-refractivity contribution in [3.63, 3.8) is 0 Å². The zero-order valence-corrected chi connectivity index (χ0v) is 21.5. The number of benzene rings is 1. The maximum absolute atomic E-state index is 13.5. The third kappa shape index (κ3) is 5.29. The Morgan fingerprint density at radius 1 is 1.17 bits per heavy atom. The topological polar surface area (TPSA) is 81.6 Å². The van der Waals surface area contributed by atoms with E-state index in [2.05, 4.69) is 41.1 Å². The molecule has 1 saturated carbocycles. The van der Waals surface area contributed by atoms with E-state index in [0.29, 0.717) is 30.6 Å². The van der Waals surface area contributed by atoms with Crippen molar-refractivity contribution in [3.8, 4) is 0 Å². The molecule has 0 radical (unpaired) electrons. The van der Waals surface area contributed by atoms with Crippen molar-refractivity contribution in [1.29, 1.82) is 0 Å². The second kappa shape index (κ2) is 9.78. The molecular formula is C26H36F3N5O2. The van der Waals surface area contributed by atoms with Gasteiger partial charge in [0.25, 0.3) is 0 Å². The van der Waals surface area contributed by atoms with E-state index >= 15 is 0 Å². The Bertz CT molecular complexity index is 1100. The number of rotatable bonds is 6. The van der Waals surface area contributed by atoms with Crippen LogP contribution < -0.4 is 5.32 Å². The lowest BCUT2D eigenvalue weighted by Crippen LogP contribution is -2.56. The first-order valence-electron chi connectivity index (χ1n) is 12.6. The van der Waals surface area contributed by atoms with Crippen LogP contribution in [0.15, 0.2) is 24.5 Å². The van der Waals surface area contributed by atoms with E-state index < -0.39 is 23.4 Å². The molecule has 4 atom stereocenters. The smallest absolute Gasteiger partial charge is 0.390 e. The third-order valence-corrected chi connectivity index (χ3v) is 8.00. The summed E-state index contributed by atoms with van der Waals surface area (Å²) in [6, 6.07) is 3.35. The molecule has 2 fully saturated rings. The Labute approximate surface area is 210 Å². The van der Waals surface area contributed by atoms with E-state index in [-0.39, 0.29) is 29.1 Å². The number of hydrogen-bond acceptors (Lipinski definition) is 6. The number of nitrogens with one attached hydrogen (secondary N) is 1. The van der Waals surface area contributed by atoms with Crippen molar-refractivity contribution in [1.82, 2.24) is 19.8 Å². The molecule has 0 bridgehead atoms. The van der Waals surface area contributed by atoms with Crippen molar-refractivity contribution >= 4 is 22.6 Å². The molecule has 4 rings (SSSR count). The molecule has 10 heteroatoms. The molecule has 7 nitrogen and oxygen atoms in total. The van der Waals surface area contributed by atoms with E-state index in [9.17, 15) is 23.1 Å². The van der Waals surface area contributed by atoms with Gasteiger partial charge < -0.3 is 20.2 Å². The Morgan fingerprint density at radius 3 is 2.53 bits per heavy atom. The summed E-state index contributed by atoms with van der Waals surface area (Å²) in [5.74, 6) is 0.0191. The fourth-order valence-electron chi connectivity index (χ4n) is 5.73. The van der Waals surface area contributed by atoms with Crippen LogP contribution in [0.2, 0.25) is 0 Å². The number of aromatic nitrogens is 2. The summed E-state index contributed by atoms with van der Waals surface area (Å²) in [6.07, 6.45) is -0.179. The molecule has 0 spiro atoms. The van der Waals surface area contributed by atoms with E-state index in [1.165, 1.54) is 12.4 Å². The highest BCUT2D eigenvalue weighted by molar-refractivity contribution is 5.93. The van der Waals surface area contributed by atoms with Gasteiger partial charge in [-0.15, -0.1) is 0 Å². The second-order valence-electron chi connectivity index (χ2n) is 11.0. The average molecular weight is 508 g/mol. The Morgan fingerprint density at radius 2 is 1.89 bits per heavy atom. The minimum atomic E-state index is -4.49. The number of hydrogen-bond donors (Lipinski definition) is 2. The molecule has 36 heavy (non-hydrogen) atoms. The van der Waals surface area contributed by atoms with Crippen LogP contribution in [0.25, 0.3) is 10.9 Å². The molecule has 2 aromatic rings. The van der Waals surface area contributed by atoms with Crippen LogP contribution in [0.5, 0.6) is 0 Å². The van der Waals surface area contributed by atoms with Gasteiger partial charge in [0.1, 0.15) is 18.2 Å². The fourth-order valence-corrected chi connectivity index (χ4v) is 5.73. The van der Waals surface area contributed by atoms with Crippen molar-refractivity contribution < 1.29 is 23.1 Å². The van der Waals surface area contributed by atoms with Gasteiger partial charge in [0, 0.05) is 36.0 Å². The predicted octanol–water partition coefficient (Wildman–Crippen LogP) is 4.31. The average Bonchev–Trinajstić information content (AvgIpc) is 3.16. The number of aliphatic hydroxyl groups is 1. The molecule has 1 aliphatic heterocycles. The highest BCUT2D eigenvalue weighted by Crippen LogP contribution is 2.40. The molecule has 1 saturated heterocycles. The summed E-state index contributed by atoms with van der Waals surface area (Å²) in [6.45, 7) is 8.45. The van der Waals surface area contributed by atoms with E-state index in [1.807, 2.05) is 18.7 Å². The van der Waals surface area contributed by atoms with Gasteiger partial charge in [-0.05, 0) is 78.6 Å². The SMILES string of the molecule is CC(C)N(C)C1CCC(N2CCC(Nc3ncnc4ccc(C(F)(F)F)cc34)C2=O)C(C(C)(C)O)C1. The highest BCUT2D eigenvalue weighted by atomic mass is 19.4. The van der Waals surface area contributed by atoms with Crippen molar-refractivity contribution in [2.75, 3.05) is 18.9 Å².